The molecule has 0 saturated carbocycles. The standard InChI is InChI=1S/C27H20BFN6O/c1-15-4-3-5-22(34-15)36-21-10-17-12-28(13-30)26-24-23(19(17)11-20(21)29)25(16-6-8-18(31)9-7-16)35(2)27(24)33-14-32-26/h3-11,14H,12,31H2,1-2H3. The lowest BCUT2D eigenvalue weighted by molar-refractivity contribution is 0.426. The molecule has 1 aliphatic rings. The number of nitriles is 1. The van der Waals surface area contributed by atoms with Gasteiger partial charge < -0.3 is 15.0 Å². The zero-order chi connectivity index (χ0) is 25.0. The van der Waals surface area contributed by atoms with E-state index in [2.05, 4.69) is 20.9 Å². The van der Waals surface area contributed by atoms with Crippen LogP contribution in [0.25, 0.3) is 33.4 Å². The Kier molecular flexibility index (Phi) is 4.97. The first-order valence-electron chi connectivity index (χ1n) is 11.5. The molecule has 36 heavy (non-hydrogen) atoms. The van der Waals surface area contributed by atoms with Gasteiger partial charge in [-0.1, -0.05) is 18.2 Å². The fourth-order valence-electron chi connectivity index (χ4n) is 4.97. The minimum Gasteiger partial charge on any atom is -0.436 e. The van der Waals surface area contributed by atoms with E-state index in [9.17, 15) is 5.26 Å². The Morgan fingerprint density at radius 3 is 2.69 bits per heavy atom. The number of halogens is 1. The molecule has 0 spiro atoms. The molecular weight excluding hydrogens is 454 g/mol. The van der Waals surface area contributed by atoms with Crippen molar-refractivity contribution in [3.63, 3.8) is 0 Å². The highest BCUT2D eigenvalue weighted by Crippen LogP contribution is 2.44. The number of nitrogens with zero attached hydrogens (tertiary/aromatic N) is 5. The molecule has 0 amide bonds. The van der Waals surface area contributed by atoms with Crippen molar-refractivity contribution in [3.05, 3.63) is 78.0 Å². The first-order chi connectivity index (χ1) is 17.4. The third kappa shape index (κ3) is 3.38. The smallest absolute Gasteiger partial charge is 0.327 e. The molecule has 1 aliphatic heterocycles. The summed E-state index contributed by atoms with van der Waals surface area (Å²) in [6.07, 6.45) is 1.84. The molecule has 2 N–H and O–H groups in total. The van der Waals surface area contributed by atoms with Gasteiger partial charge in [-0.15, -0.1) is 0 Å². The second-order valence-corrected chi connectivity index (χ2v) is 8.91. The van der Waals surface area contributed by atoms with Crippen molar-refractivity contribution in [1.82, 2.24) is 19.5 Å². The molecule has 2 aromatic carbocycles. The van der Waals surface area contributed by atoms with Gasteiger partial charge in [0, 0.05) is 47.0 Å². The molecule has 7 nitrogen and oxygen atoms in total. The molecule has 0 radical (unpaired) electrons. The second kappa shape index (κ2) is 8.20. The van der Waals surface area contributed by atoms with Crippen LogP contribution in [0.3, 0.4) is 0 Å². The number of hydrogen-bond acceptors (Lipinski definition) is 6. The number of aryl methyl sites for hydroxylation is 2. The zero-order valence-corrected chi connectivity index (χ0v) is 19.7. The molecule has 3 aromatic heterocycles. The van der Waals surface area contributed by atoms with Gasteiger partial charge in [-0.05, 0) is 60.3 Å². The number of aromatic nitrogens is 4. The summed E-state index contributed by atoms with van der Waals surface area (Å²) in [7, 11) is 1.91. The van der Waals surface area contributed by atoms with E-state index in [1.807, 2.05) is 48.9 Å². The van der Waals surface area contributed by atoms with Gasteiger partial charge in [-0.25, -0.2) is 24.6 Å². The predicted molar refractivity (Wildman–Crippen MR) is 138 cm³/mol. The molecule has 0 aliphatic carbocycles. The highest BCUT2D eigenvalue weighted by Gasteiger charge is 2.34. The lowest BCUT2D eigenvalue weighted by Gasteiger charge is -2.15. The van der Waals surface area contributed by atoms with Gasteiger partial charge in [0.05, 0.1) is 5.69 Å². The maximum absolute atomic E-state index is 15.6. The Hall–Kier alpha value is -4.71. The molecule has 5 aromatic rings. The lowest BCUT2D eigenvalue weighted by Crippen LogP contribution is -2.34. The van der Waals surface area contributed by atoms with Crippen molar-refractivity contribution in [2.75, 3.05) is 5.73 Å². The highest BCUT2D eigenvalue weighted by molar-refractivity contribution is 6.81. The average molecular weight is 474 g/mol. The maximum Gasteiger partial charge on any atom is 0.327 e. The SMILES string of the molecule is Cc1cccc(Oc2cc3c(cc2F)-c2c(-c4ccc(N)cc4)n(C)c4ncnc(c24)B(C#N)C3)n1. The number of pyridine rings is 1. The number of hydrogen-bond donors (Lipinski definition) is 1. The molecule has 6 rings (SSSR count). The van der Waals surface area contributed by atoms with E-state index in [4.69, 9.17) is 10.5 Å². The molecule has 0 atom stereocenters. The van der Waals surface area contributed by atoms with Crippen LogP contribution in [0.2, 0.25) is 0 Å². The highest BCUT2D eigenvalue weighted by atomic mass is 19.1. The molecule has 0 bridgehead atoms. The van der Waals surface area contributed by atoms with Gasteiger partial charge >= 0.3 is 6.71 Å². The third-order valence-electron chi connectivity index (χ3n) is 6.59. The fraction of sp³-hybridized carbons (Fsp3) is 0.111. The van der Waals surface area contributed by atoms with Crippen LogP contribution < -0.4 is 16.1 Å². The Morgan fingerprint density at radius 2 is 1.94 bits per heavy atom. The molecule has 0 saturated heterocycles. The van der Waals surface area contributed by atoms with Crippen LogP contribution in [0.4, 0.5) is 10.1 Å². The van der Waals surface area contributed by atoms with Crippen LogP contribution >= 0.6 is 0 Å². The first-order valence-corrected chi connectivity index (χ1v) is 11.5. The minimum absolute atomic E-state index is 0.0572. The number of fused-ring (bicyclic) bond motifs is 2. The number of anilines is 1. The van der Waals surface area contributed by atoms with E-state index >= 15 is 4.39 Å². The van der Waals surface area contributed by atoms with Crippen LogP contribution in [0.15, 0.2) is 60.9 Å². The zero-order valence-electron chi connectivity index (χ0n) is 19.7. The minimum atomic E-state index is -0.535. The van der Waals surface area contributed by atoms with Crippen molar-refractivity contribution in [1.29, 1.82) is 5.26 Å². The first kappa shape index (κ1) is 21.8. The molecule has 4 heterocycles. The Morgan fingerprint density at radius 1 is 1.14 bits per heavy atom. The van der Waals surface area contributed by atoms with Gasteiger partial charge in [0.15, 0.2) is 11.6 Å². The second-order valence-electron chi connectivity index (χ2n) is 8.91. The van der Waals surface area contributed by atoms with Gasteiger partial charge in [-0.3, -0.25) is 0 Å². The van der Waals surface area contributed by atoms with Crippen LogP contribution in [0.1, 0.15) is 11.3 Å². The summed E-state index contributed by atoms with van der Waals surface area (Å²) in [5.41, 5.74) is 12.7. The summed E-state index contributed by atoms with van der Waals surface area (Å²) in [5, 5.41) is 10.8. The van der Waals surface area contributed by atoms with Crippen LogP contribution in [0, 0.1) is 24.0 Å². The topological polar surface area (TPSA) is 103 Å². The van der Waals surface area contributed by atoms with Crippen molar-refractivity contribution < 1.29 is 9.13 Å². The van der Waals surface area contributed by atoms with E-state index in [0.717, 1.165) is 33.5 Å². The Balaban J connectivity index is 1.63. The number of nitrogen functional groups attached to an aromatic ring is 1. The van der Waals surface area contributed by atoms with Gasteiger partial charge in [0.25, 0.3) is 0 Å². The number of nitrogens with two attached hydrogens (primary N) is 1. The molecule has 174 valence electrons. The molecule has 0 unspecified atom stereocenters. The number of rotatable bonds is 3. The summed E-state index contributed by atoms with van der Waals surface area (Å²) in [6, 6.07) is 16.0. The summed E-state index contributed by atoms with van der Waals surface area (Å²) in [6.45, 7) is 1.31. The van der Waals surface area contributed by atoms with Crippen LogP contribution in [-0.4, -0.2) is 26.2 Å². The van der Waals surface area contributed by atoms with Gasteiger partial charge in [0.2, 0.25) is 5.88 Å². The third-order valence-corrected chi connectivity index (χ3v) is 6.59. The average Bonchev–Trinajstić information content (AvgIpc) is 3.09. The van der Waals surface area contributed by atoms with E-state index in [1.54, 1.807) is 18.2 Å². The van der Waals surface area contributed by atoms with Crippen molar-refractivity contribution in [3.8, 4) is 40.0 Å². The van der Waals surface area contributed by atoms with E-state index < -0.39 is 12.5 Å². The van der Waals surface area contributed by atoms with Gasteiger partial charge in [0.1, 0.15) is 12.0 Å². The summed E-state index contributed by atoms with van der Waals surface area (Å²) < 4.78 is 23.4. The van der Waals surface area contributed by atoms with E-state index in [1.165, 1.54) is 12.4 Å². The van der Waals surface area contributed by atoms with Crippen LogP contribution in [0.5, 0.6) is 11.6 Å². The number of ether oxygens (including phenoxy) is 1. The fourth-order valence-corrected chi connectivity index (χ4v) is 4.97. The molecule has 0 fully saturated rings. The van der Waals surface area contributed by atoms with E-state index in [-0.39, 0.29) is 5.75 Å². The summed E-state index contributed by atoms with van der Waals surface area (Å²) in [5.74, 6) is 2.23. The Bertz CT molecular complexity index is 1710. The quantitative estimate of drug-likeness (QED) is 0.308. The van der Waals surface area contributed by atoms with Crippen molar-refractivity contribution in [2.45, 2.75) is 13.2 Å². The maximum atomic E-state index is 15.6. The van der Waals surface area contributed by atoms with Crippen LogP contribution in [-0.2, 0) is 13.4 Å². The van der Waals surface area contributed by atoms with Crippen molar-refractivity contribution in [2.24, 2.45) is 7.05 Å². The Labute approximate surface area is 207 Å². The summed E-state index contributed by atoms with van der Waals surface area (Å²) in [4.78, 5) is 13.4. The lowest BCUT2D eigenvalue weighted by atomic mass is 9.45. The largest absolute Gasteiger partial charge is 0.436 e. The normalized spacial score (nSPS) is 12.2. The number of benzene rings is 2. The molecular formula is C27H20BFN6O. The monoisotopic (exact) mass is 474 g/mol. The summed E-state index contributed by atoms with van der Waals surface area (Å²) >= 11 is 0. The van der Waals surface area contributed by atoms with E-state index in [0.29, 0.717) is 34.7 Å². The molecule has 9 heteroatoms. The van der Waals surface area contributed by atoms with Crippen molar-refractivity contribution >= 4 is 29.0 Å². The predicted octanol–water partition coefficient (Wildman–Crippen LogP) is 4.38. The van der Waals surface area contributed by atoms with Gasteiger partial charge in [-0.2, -0.15) is 0 Å².